The van der Waals surface area contributed by atoms with Crippen LogP contribution in [-0.4, -0.2) is 38.3 Å². The Labute approximate surface area is 118 Å². The molecular weight excluding hydrogens is 256 g/mol. The van der Waals surface area contributed by atoms with Crippen molar-refractivity contribution in [2.75, 3.05) is 36.9 Å². The van der Waals surface area contributed by atoms with Crippen LogP contribution in [0, 0.1) is 11.3 Å². The zero-order chi connectivity index (χ0) is 14.5. The third-order valence-electron chi connectivity index (χ3n) is 3.25. The molecule has 1 aliphatic rings. The molecule has 6 heteroatoms. The fourth-order valence-corrected chi connectivity index (χ4v) is 2.29. The topological polar surface area (TPSA) is 91.4 Å². The van der Waals surface area contributed by atoms with E-state index < -0.39 is 0 Å². The first-order valence-corrected chi connectivity index (χ1v) is 6.59. The molecule has 0 spiro atoms. The average Bonchev–Trinajstić information content (AvgIpc) is 2.47. The molecular formula is C14H18N4O2. The Morgan fingerprint density at radius 1 is 1.65 bits per heavy atom. The summed E-state index contributed by atoms with van der Waals surface area (Å²) in [7, 11) is 0. The number of nitrogens with two attached hydrogens (primary N) is 1. The van der Waals surface area contributed by atoms with E-state index in [9.17, 15) is 4.79 Å². The fraction of sp³-hybridized carbons (Fsp3) is 0.429. The number of likely N-dealkylation sites (N-methyl/N-ethyl adjacent to an activating group) is 1. The summed E-state index contributed by atoms with van der Waals surface area (Å²) in [6.07, 6.45) is 0. The number of anilines is 2. The van der Waals surface area contributed by atoms with Crippen LogP contribution in [0.2, 0.25) is 0 Å². The van der Waals surface area contributed by atoms with Crippen LogP contribution in [0.5, 0.6) is 0 Å². The molecule has 1 amide bonds. The van der Waals surface area contributed by atoms with Gasteiger partial charge >= 0.3 is 0 Å². The largest absolute Gasteiger partial charge is 0.397 e. The highest BCUT2D eigenvalue weighted by atomic mass is 16.5. The normalized spacial score (nSPS) is 18.4. The van der Waals surface area contributed by atoms with E-state index in [0.29, 0.717) is 37.6 Å². The highest BCUT2D eigenvalue weighted by molar-refractivity contribution is 5.87. The molecule has 1 aromatic carbocycles. The number of ether oxygens (including phenoxy) is 1. The molecule has 1 unspecified atom stereocenters. The van der Waals surface area contributed by atoms with Gasteiger partial charge in [-0.25, -0.2) is 0 Å². The maximum atomic E-state index is 12.1. The van der Waals surface area contributed by atoms with Crippen LogP contribution in [0.25, 0.3) is 0 Å². The molecule has 0 aromatic heterocycles. The minimum absolute atomic E-state index is 0.0732. The number of nitrogens with zero attached hydrogens (tertiary/aromatic N) is 2. The van der Waals surface area contributed by atoms with Crippen LogP contribution >= 0.6 is 0 Å². The van der Waals surface area contributed by atoms with Crippen LogP contribution < -0.4 is 16.0 Å². The first-order chi connectivity index (χ1) is 9.67. The summed E-state index contributed by atoms with van der Waals surface area (Å²) in [4.78, 5) is 14.0. The van der Waals surface area contributed by atoms with Crippen LogP contribution in [0.1, 0.15) is 12.5 Å². The maximum Gasteiger partial charge on any atom is 0.245 e. The summed E-state index contributed by atoms with van der Waals surface area (Å²) < 4.78 is 5.39. The smallest absolute Gasteiger partial charge is 0.245 e. The number of nitriles is 1. The Hall–Kier alpha value is -2.26. The molecule has 0 bridgehead atoms. The van der Waals surface area contributed by atoms with Crippen LogP contribution in [-0.2, 0) is 9.53 Å². The van der Waals surface area contributed by atoms with Gasteiger partial charge in [0.1, 0.15) is 6.04 Å². The fourth-order valence-electron chi connectivity index (χ4n) is 2.29. The Bertz CT molecular complexity index is 538. The lowest BCUT2D eigenvalue weighted by Crippen LogP contribution is -2.54. The number of nitrogen functional groups attached to an aromatic ring is 1. The van der Waals surface area contributed by atoms with E-state index in [0.717, 1.165) is 5.69 Å². The van der Waals surface area contributed by atoms with Crippen molar-refractivity contribution < 1.29 is 9.53 Å². The zero-order valence-corrected chi connectivity index (χ0v) is 11.4. The van der Waals surface area contributed by atoms with E-state index in [1.54, 1.807) is 18.2 Å². The van der Waals surface area contributed by atoms with Gasteiger partial charge in [-0.15, -0.1) is 0 Å². The van der Waals surface area contributed by atoms with E-state index in [1.165, 1.54) is 0 Å². The second-order valence-corrected chi connectivity index (χ2v) is 4.56. The van der Waals surface area contributed by atoms with Crippen molar-refractivity contribution in [3.05, 3.63) is 23.8 Å². The number of nitrogens with one attached hydrogen (secondary N) is 1. The minimum atomic E-state index is -0.390. The van der Waals surface area contributed by atoms with Crippen molar-refractivity contribution in [2.24, 2.45) is 0 Å². The first-order valence-electron chi connectivity index (χ1n) is 6.59. The Balaban J connectivity index is 2.28. The molecule has 0 saturated carbocycles. The molecule has 0 radical (unpaired) electrons. The molecule has 0 aliphatic carbocycles. The minimum Gasteiger partial charge on any atom is -0.397 e. The van der Waals surface area contributed by atoms with E-state index in [1.807, 2.05) is 17.9 Å². The van der Waals surface area contributed by atoms with Crippen LogP contribution in [0.3, 0.4) is 0 Å². The third-order valence-corrected chi connectivity index (χ3v) is 3.25. The van der Waals surface area contributed by atoms with Gasteiger partial charge in [-0.1, -0.05) is 0 Å². The van der Waals surface area contributed by atoms with Crippen molar-refractivity contribution in [1.82, 2.24) is 5.32 Å². The monoisotopic (exact) mass is 274 g/mol. The summed E-state index contributed by atoms with van der Waals surface area (Å²) in [5, 5.41) is 11.7. The maximum absolute atomic E-state index is 12.1. The molecule has 1 saturated heterocycles. The second-order valence-electron chi connectivity index (χ2n) is 4.56. The lowest BCUT2D eigenvalue weighted by Gasteiger charge is -2.36. The number of carbonyl (C=O) groups is 1. The van der Waals surface area contributed by atoms with Crippen LogP contribution in [0.4, 0.5) is 11.4 Å². The van der Waals surface area contributed by atoms with Gasteiger partial charge in [-0.3, -0.25) is 4.79 Å². The molecule has 2 rings (SSSR count). The average molecular weight is 274 g/mol. The van der Waals surface area contributed by atoms with Gasteiger partial charge in [-0.2, -0.15) is 5.26 Å². The van der Waals surface area contributed by atoms with E-state index >= 15 is 0 Å². The van der Waals surface area contributed by atoms with E-state index in [-0.39, 0.29) is 11.9 Å². The van der Waals surface area contributed by atoms with Gasteiger partial charge in [0.2, 0.25) is 5.91 Å². The van der Waals surface area contributed by atoms with Crippen molar-refractivity contribution in [1.29, 1.82) is 5.26 Å². The number of benzene rings is 1. The van der Waals surface area contributed by atoms with Crippen molar-refractivity contribution in [2.45, 2.75) is 13.0 Å². The van der Waals surface area contributed by atoms with Gasteiger partial charge in [0, 0.05) is 13.1 Å². The summed E-state index contributed by atoms with van der Waals surface area (Å²) in [5.41, 5.74) is 7.77. The molecule has 3 N–H and O–H groups in total. The van der Waals surface area contributed by atoms with Crippen molar-refractivity contribution in [3.8, 4) is 6.07 Å². The Morgan fingerprint density at radius 3 is 3.10 bits per heavy atom. The molecule has 1 aromatic rings. The highest BCUT2D eigenvalue weighted by Gasteiger charge is 2.30. The lowest BCUT2D eigenvalue weighted by molar-refractivity contribution is -0.124. The molecule has 20 heavy (non-hydrogen) atoms. The SMILES string of the molecule is CCNC(=O)C1COCCN1c1ccc(C#N)cc1N. The third kappa shape index (κ3) is 2.83. The molecule has 1 heterocycles. The summed E-state index contributed by atoms with van der Waals surface area (Å²) in [6.45, 7) is 3.94. The zero-order valence-electron chi connectivity index (χ0n) is 11.4. The van der Waals surface area contributed by atoms with Gasteiger partial charge < -0.3 is 20.7 Å². The van der Waals surface area contributed by atoms with E-state index in [2.05, 4.69) is 5.32 Å². The summed E-state index contributed by atoms with van der Waals surface area (Å²) in [6, 6.07) is 6.77. The molecule has 1 fully saturated rings. The second kappa shape index (κ2) is 6.26. The molecule has 106 valence electrons. The Kier molecular flexibility index (Phi) is 4.43. The van der Waals surface area contributed by atoms with Gasteiger partial charge in [-0.05, 0) is 25.1 Å². The van der Waals surface area contributed by atoms with Gasteiger partial charge in [0.15, 0.2) is 0 Å². The van der Waals surface area contributed by atoms with Gasteiger partial charge in [0.05, 0.1) is 36.2 Å². The number of amides is 1. The molecule has 6 nitrogen and oxygen atoms in total. The number of rotatable bonds is 3. The predicted octanol–water partition coefficient (Wildman–Crippen LogP) is 0.482. The molecule has 1 atom stereocenters. The quantitative estimate of drug-likeness (QED) is 0.782. The van der Waals surface area contributed by atoms with E-state index in [4.69, 9.17) is 15.7 Å². The van der Waals surface area contributed by atoms with Crippen molar-refractivity contribution >= 4 is 17.3 Å². The summed E-state index contributed by atoms with van der Waals surface area (Å²) in [5.74, 6) is -0.0732. The standard InChI is InChI=1S/C14H18N4O2/c1-2-17-14(19)13-9-20-6-5-18(13)12-4-3-10(8-15)7-11(12)16/h3-4,7,13H,2,5-6,9,16H2,1H3,(H,17,19). The first kappa shape index (κ1) is 14.2. The highest BCUT2D eigenvalue weighted by Crippen LogP contribution is 2.27. The van der Waals surface area contributed by atoms with Crippen LogP contribution in [0.15, 0.2) is 18.2 Å². The predicted molar refractivity (Wildman–Crippen MR) is 76.2 cm³/mol. The number of hydrogen-bond donors (Lipinski definition) is 2. The summed E-state index contributed by atoms with van der Waals surface area (Å²) >= 11 is 0. The number of carbonyl (C=O) groups excluding carboxylic acids is 1. The number of hydrogen-bond acceptors (Lipinski definition) is 5. The van der Waals surface area contributed by atoms with Gasteiger partial charge in [0.25, 0.3) is 0 Å². The molecule has 1 aliphatic heterocycles. The number of morpholine rings is 1. The lowest BCUT2D eigenvalue weighted by atomic mass is 10.1. The Morgan fingerprint density at radius 2 is 2.45 bits per heavy atom. The van der Waals surface area contributed by atoms with Crippen molar-refractivity contribution in [3.63, 3.8) is 0 Å².